The first-order chi connectivity index (χ1) is 14.3. The second-order valence-corrected chi connectivity index (χ2v) is 7.97. The first kappa shape index (κ1) is 24.9. The molecule has 0 saturated carbocycles. The molecule has 0 radical (unpaired) electrons. The lowest BCUT2D eigenvalue weighted by atomic mass is 10.0. The number of hydrogen-bond acceptors (Lipinski definition) is 5. The summed E-state index contributed by atoms with van der Waals surface area (Å²) < 4.78 is 11.1. The maximum atomic E-state index is 5.78. The van der Waals surface area contributed by atoms with Gasteiger partial charge in [0.05, 0.1) is 20.3 Å². The number of hydrogen-bond donors (Lipinski definition) is 2. The molecule has 2 heterocycles. The Balaban J connectivity index is 0.00000320. The van der Waals surface area contributed by atoms with Crippen LogP contribution in [0.4, 0.5) is 0 Å². The van der Waals surface area contributed by atoms with Crippen molar-refractivity contribution in [2.45, 2.75) is 32.0 Å². The van der Waals surface area contributed by atoms with Gasteiger partial charge < -0.3 is 20.1 Å². The number of ether oxygens (including phenoxy) is 2. The molecule has 0 bridgehead atoms. The monoisotopic (exact) mass is 544 g/mol. The lowest BCUT2D eigenvalue weighted by Gasteiger charge is -2.32. The first-order valence-electron chi connectivity index (χ1n) is 10.2. The maximum absolute atomic E-state index is 5.78. The van der Waals surface area contributed by atoms with E-state index in [-0.39, 0.29) is 24.0 Å². The number of methoxy groups -OCH3 is 1. The second kappa shape index (κ2) is 13.8. The van der Waals surface area contributed by atoms with Crippen LogP contribution < -0.4 is 15.4 Å². The number of halogens is 1. The summed E-state index contributed by atoms with van der Waals surface area (Å²) in [6.45, 7) is 5.16. The second-order valence-electron chi connectivity index (χ2n) is 7.19. The highest BCUT2D eigenvalue weighted by molar-refractivity contribution is 14.0. The number of aliphatic imine (C=N–C) groups is 1. The minimum Gasteiger partial charge on any atom is -0.496 e. The van der Waals surface area contributed by atoms with Gasteiger partial charge in [-0.3, -0.25) is 9.89 Å². The Bertz CT molecular complexity index is 749. The van der Waals surface area contributed by atoms with Gasteiger partial charge in [0.2, 0.25) is 0 Å². The molecular weight excluding hydrogens is 511 g/mol. The van der Waals surface area contributed by atoms with E-state index in [1.165, 1.54) is 5.56 Å². The molecule has 2 N–H and O–H groups in total. The number of guanidine groups is 1. The number of benzene rings is 1. The van der Waals surface area contributed by atoms with Crippen LogP contribution in [0.2, 0.25) is 0 Å². The first-order valence-corrected chi connectivity index (χ1v) is 11.1. The van der Waals surface area contributed by atoms with E-state index in [0.717, 1.165) is 49.7 Å². The third-order valence-electron chi connectivity index (χ3n) is 5.13. The number of likely N-dealkylation sites (tertiary alicyclic amines) is 1. The normalized spacial score (nSPS) is 15.5. The molecule has 0 spiro atoms. The quantitative estimate of drug-likeness (QED) is 0.218. The van der Waals surface area contributed by atoms with Crippen molar-refractivity contribution >= 4 is 41.3 Å². The van der Waals surface area contributed by atoms with Gasteiger partial charge in [0.1, 0.15) is 5.75 Å². The van der Waals surface area contributed by atoms with E-state index in [1.807, 2.05) is 31.3 Å². The number of nitrogens with zero attached hydrogens (tertiary/aromatic N) is 2. The van der Waals surface area contributed by atoms with Gasteiger partial charge >= 0.3 is 0 Å². The van der Waals surface area contributed by atoms with Gasteiger partial charge in [-0.15, -0.1) is 24.0 Å². The highest BCUT2D eigenvalue weighted by atomic mass is 127. The molecule has 2 aromatic rings. The minimum atomic E-state index is 0. The fourth-order valence-corrected chi connectivity index (χ4v) is 4.17. The molecule has 3 rings (SSSR count). The van der Waals surface area contributed by atoms with Crippen molar-refractivity contribution in [1.29, 1.82) is 0 Å². The molecule has 0 atom stereocenters. The summed E-state index contributed by atoms with van der Waals surface area (Å²) in [7, 11) is 3.50. The maximum Gasteiger partial charge on any atom is 0.191 e. The lowest BCUT2D eigenvalue weighted by Crippen LogP contribution is -2.49. The van der Waals surface area contributed by atoms with E-state index in [4.69, 9.17) is 9.47 Å². The van der Waals surface area contributed by atoms with Crippen LogP contribution in [-0.2, 0) is 17.9 Å². The molecule has 1 aromatic heterocycles. The van der Waals surface area contributed by atoms with Crippen LogP contribution >= 0.6 is 35.3 Å². The zero-order valence-corrected chi connectivity index (χ0v) is 20.9. The third-order valence-corrected chi connectivity index (χ3v) is 5.86. The summed E-state index contributed by atoms with van der Waals surface area (Å²) in [4.78, 5) is 6.88. The average molecular weight is 545 g/mol. The fraction of sp³-hybridized carbons (Fsp3) is 0.500. The van der Waals surface area contributed by atoms with Crippen molar-refractivity contribution in [3.63, 3.8) is 0 Å². The third kappa shape index (κ3) is 8.05. The summed E-state index contributed by atoms with van der Waals surface area (Å²) in [5.41, 5.74) is 2.48. The molecule has 1 aliphatic heterocycles. The van der Waals surface area contributed by atoms with Crippen molar-refractivity contribution in [3.05, 3.63) is 52.2 Å². The van der Waals surface area contributed by atoms with E-state index in [0.29, 0.717) is 25.8 Å². The molecule has 0 amide bonds. The number of thiophene rings is 1. The zero-order chi connectivity index (χ0) is 20.3. The Morgan fingerprint density at radius 1 is 1.23 bits per heavy atom. The summed E-state index contributed by atoms with van der Waals surface area (Å²) >= 11 is 1.77. The van der Waals surface area contributed by atoms with Gasteiger partial charge in [-0.05, 0) is 41.3 Å². The zero-order valence-electron chi connectivity index (χ0n) is 17.8. The predicted octanol–water partition coefficient (Wildman–Crippen LogP) is 3.72. The van der Waals surface area contributed by atoms with E-state index in [9.17, 15) is 0 Å². The van der Waals surface area contributed by atoms with Crippen LogP contribution in [0.25, 0.3) is 0 Å². The van der Waals surface area contributed by atoms with Gasteiger partial charge in [-0.2, -0.15) is 11.3 Å². The molecule has 166 valence electrons. The van der Waals surface area contributed by atoms with E-state index >= 15 is 0 Å². The number of rotatable bonds is 9. The fourth-order valence-electron chi connectivity index (χ4n) is 3.51. The Hall–Kier alpha value is -1.36. The standard InChI is InChI=1S/C22H32N4O2S.HI/c1-23-22(24-10-13-28-16-19-5-3-4-6-21(19)27-2)25-20-7-11-26(12-8-20)15-18-9-14-29-17-18;/h3-6,9,14,17,20H,7-8,10-13,15-16H2,1-2H3,(H2,23,24,25);1H. The van der Waals surface area contributed by atoms with Gasteiger partial charge in [0.15, 0.2) is 5.96 Å². The summed E-state index contributed by atoms with van der Waals surface area (Å²) in [5.74, 6) is 1.71. The molecule has 30 heavy (non-hydrogen) atoms. The largest absolute Gasteiger partial charge is 0.496 e. The number of para-hydroxylation sites is 1. The van der Waals surface area contributed by atoms with Crippen LogP contribution in [0, 0.1) is 0 Å². The van der Waals surface area contributed by atoms with Gasteiger partial charge in [-0.1, -0.05) is 18.2 Å². The molecule has 1 fully saturated rings. The number of piperidine rings is 1. The van der Waals surface area contributed by atoms with Crippen molar-refractivity contribution in [3.8, 4) is 5.75 Å². The van der Waals surface area contributed by atoms with E-state index in [1.54, 1.807) is 18.4 Å². The summed E-state index contributed by atoms with van der Waals surface area (Å²) in [5, 5.41) is 11.3. The van der Waals surface area contributed by atoms with Crippen LogP contribution in [0.5, 0.6) is 5.75 Å². The molecule has 8 heteroatoms. The number of nitrogens with one attached hydrogen (secondary N) is 2. The average Bonchev–Trinajstić information content (AvgIpc) is 3.27. The molecule has 1 saturated heterocycles. The van der Waals surface area contributed by atoms with Crippen molar-refractivity contribution in [1.82, 2.24) is 15.5 Å². The Labute approximate surface area is 201 Å². The Morgan fingerprint density at radius 3 is 2.73 bits per heavy atom. The van der Waals surface area contributed by atoms with Crippen LogP contribution in [0.3, 0.4) is 0 Å². The molecule has 1 aliphatic rings. The molecule has 0 unspecified atom stereocenters. The van der Waals surface area contributed by atoms with E-state index in [2.05, 4.69) is 37.4 Å². The Kier molecular flexibility index (Phi) is 11.5. The summed E-state index contributed by atoms with van der Waals surface area (Å²) in [6.07, 6.45) is 2.27. The predicted molar refractivity (Wildman–Crippen MR) is 135 cm³/mol. The molecule has 6 nitrogen and oxygen atoms in total. The van der Waals surface area contributed by atoms with E-state index < -0.39 is 0 Å². The SMILES string of the molecule is CN=C(NCCOCc1ccccc1OC)NC1CCN(Cc2ccsc2)CC1.I. The topological polar surface area (TPSA) is 58.1 Å². The highest BCUT2D eigenvalue weighted by Gasteiger charge is 2.20. The van der Waals surface area contributed by atoms with Crippen LogP contribution in [0.1, 0.15) is 24.0 Å². The van der Waals surface area contributed by atoms with Crippen molar-refractivity contribution in [2.24, 2.45) is 4.99 Å². The smallest absolute Gasteiger partial charge is 0.191 e. The van der Waals surface area contributed by atoms with Crippen molar-refractivity contribution < 1.29 is 9.47 Å². The van der Waals surface area contributed by atoms with Crippen LogP contribution in [-0.4, -0.2) is 57.3 Å². The highest BCUT2D eigenvalue weighted by Crippen LogP contribution is 2.18. The lowest BCUT2D eigenvalue weighted by molar-refractivity contribution is 0.123. The summed E-state index contributed by atoms with van der Waals surface area (Å²) in [6, 6.07) is 10.6. The molecule has 1 aromatic carbocycles. The van der Waals surface area contributed by atoms with Gasteiger partial charge in [0.25, 0.3) is 0 Å². The van der Waals surface area contributed by atoms with Gasteiger partial charge in [0, 0.05) is 44.8 Å². The minimum absolute atomic E-state index is 0. The van der Waals surface area contributed by atoms with Gasteiger partial charge in [-0.25, -0.2) is 0 Å². The molecule has 0 aliphatic carbocycles. The van der Waals surface area contributed by atoms with Crippen LogP contribution in [0.15, 0.2) is 46.1 Å². The molecular formula is C22H33IN4O2S. The van der Waals surface area contributed by atoms with Crippen molar-refractivity contribution in [2.75, 3.05) is 40.4 Å². The Morgan fingerprint density at radius 2 is 2.03 bits per heavy atom.